The first kappa shape index (κ1) is 18.4. The van der Waals surface area contributed by atoms with E-state index in [1.807, 2.05) is 31.1 Å². The second-order valence-electron chi connectivity index (χ2n) is 8.80. The van der Waals surface area contributed by atoms with Crippen molar-refractivity contribution in [2.45, 2.75) is 63.8 Å². The molecule has 1 N–H and O–H groups in total. The van der Waals surface area contributed by atoms with Crippen LogP contribution in [0.4, 0.5) is 0 Å². The molecule has 2 unspecified atom stereocenters. The van der Waals surface area contributed by atoms with Crippen LogP contribution >= 0.6 is 0 Å². The Labute approximate surface area is 169 Å². The minimum absolute atomic E-state index is 0.0527. The SMILES string of the molecule is Cc1c(C(=O)N2C3CCC2CC(O)(Cn2c(C)cc4ccncc42)C3)cnn1C. The third-order valence-electron chi connectivity index (χ3n) is 6.92. The average molecular weight is 393 g/mol. The number of rotatable bonds is 3. The van der Waals surface area contributed by atoms with E-state index in [-0.39, 0.29) is 18.0 Å². The van der Waals surface area contributed by atoms with Crippen LogP contribution in [0.1, 0.15) is 47.4 Å². The standard InChI is InChI=1S/C22H27N5O2/c1-14-8-16-6-7-23-12-20(16)26(14)13-22(29)9-17-4-5-18(10-22)27(17)21(28)19-11-24-25(3)15(19)2/h6-8,11-12,17-18,29H,4-5,9-10,13H2,1-3H3. The number of hydrogen-bond acceptors (Lipinski definition) is 4. The van der Waals surface area contributed by atoms with Crippen molar-refractivity contribution < 1.29 is 9.90 Å². The Morgan fingerprint density at radius 3 is 2.62 bits per heavy atom. The molecule has 0 aromatic carbocycles. The monoisotopic (exact) mass is 393 g/mol. The fourth-order valence-corrected chi connectivity index (χ4v) is 5.37. The lowest BCUT2D eigenvalue weighted by molar-refractivity contribution is -0.0536. The Morgan fingerprint density at radius 2 is 1.97 bits per heavy atom. The summed E-state index contributed by atoms with van der Waals surface area (Å²) in [4.78, 5) is 19.5. The molecular formula is C22H27N5O2. The highest BCUT2D eigenvalue weighted by Crippen LogP contribution is 2.43. The first-order valence-corrected chi connectivity index (χ1v) is 10.3. The molecule has 0 radical (unpaired) electrons. The van der Waals surface area contributed by atoms with Gasteiger partial charge in [-0.1, -0.05) is 0 Å². The van der Waals surface area contributed by atoms with Crippen molar-refractivity contribution in [2.75, 3.05) is 0 Å². The van der Waals surface area contributed by atoms with E-state index in [1.54, 1.807) is 17.1 Å². The van der Waals surface area contributed by atoms with Crippen LogP contribution in [0, 0.1) is 13.8 Å². The minimum Gasteiger partial charge on any atom is -0.388 e. The Balaban J connectivity index is 1.41. The fourth-order valence-electron chi connectivity index (χ4n) is 5.37. The van der Waals surface area contributed by atoms with Crippen LogP contribution in [-0.4, -0.2) is 52.9 Å². The largest absolute Gasteiger partial charge is 0.388 e. The molecule has 2 fully saturated rings. The number of piperidine rings is 1. The lowest BCUT2D eigenvalue weighted by Crippen LogP contribution is -2.54. The van der Waals surface area contributed by atoms with Crippen molar-refractivity contribution in [1.29, 1.82) is 0 Å². The summed E-state index contributed by atoms with van der Waals surface area (Å²) in [5.41, 5.74) is 2.91. The zero-order valence-corrected chi connectivity index (χ0v) is 17.2. The van der Waals surface area contributed by atoms with Crippen molar-refractivity contribution >= 4 is 16.8 Å². The highest BCUT2D eigenvalue weighted by molar-refractivity contribution is 5.95. The summed E-state index contributed by atoms with van der Waals surface area (Å²) in [5.74, 6) is 0.0527. The van der Waals surface area contributed by atoms with Gasteiger partial charge in [0.2, 0.25) is 0 Å². The van der Waals surface area contributed by atoms with Crippen LogP contribution < -0.4 is 0 Å². The van der Waals surface area contributed by atoms with Gasteiger partial charge in [-0.25, -0.2) is 0 Å². The van der Waals surface area contributed by atoms with Gasteiger partial charge in [-0.05, 0) is 51.7 Å². The van der Waals surface area contributed by atoms with E-state index >= 15 is 0 Å². The maximum absolute atomic E-state index is 13.2. The number of hydrogen-bond donors (Lipinski definition) is 1. The summed E-state index contributed by atoms with van der Waals surface area (Å²) in [6.45, 7) is 4.53. The first-order chi connectivity index (χ1) is 13.9. The molecule has 152 valence electrons. The zero-order chi connectivity index (χ0) is 20.3. The molecule has 0 saturated carbocycles. The molecule has 5 rings (SSSR count). The summed E-state index contributed by atoms with van der Waals surface area (Å²) in [6.07, 6.45) is 8.44. The van der Waals surface area contributed by atoms with E-state index in [9.17, 15) is 9.90 Å². The maximum Gasteiger partial charge on any atom is 0.257 e. The Bertz CT molecular complexity index is 1080. The van der Waals surface area contributed by atoms with Crippen LogP contribution in [0.15, 0.2) is 30.7 Å². The number of aliphatic hydroxyl groups is 1. The number of pyridine rings is 1. The van der Waals surface area contributed by atoms with E-state index in [1.165, 1.54) is 0 Å². The summed E-state index contributed by atoms with van der Waals surface area (Å²) in [7, 11) is 1.86. The lowest BCUT2D eigenvalue weighted by atomic mass is 9.85. The summed E-state index contributed by atoms with van der Waals surface area (Å²) in [5, 5.41) is 16.9. The average Bonchev–Trinajstić information content (AvgIpc) is 3.28. The topological polar surface area (TPSA) is 76.2 Å². The third kappa shape index (κ3) is 2.87. The van der Waals surface area contributed by atoms with Gasteiger partial charge < -0.3 is 14.6 Å². The van der Waals surface area contributed by atoms with E-state index in [0.717, 1.165) is 35.1 Å². The van der Waals surface area contributed by atoms with E-state index in [2.05, 4.69) is 27.6 Å². The van der Waals surface area contributed by atoms with E-state index in [4.69, 9.17) is 0 Å². The second-order valence-corrected chi connectivity index (χ2v) is 8.80. The van der Waals surface area contributed by atoms with Gasteiger partial charge in [0.05, 0.1) is 35.6 Å². The van der Waals surface area contributed by atoms with Gasteiger partial charge in [0, 0.05) is 42.1 Å². The molecule has 0 spiro atoms. The molecule has 7 nitrogen and oxygen atoms in total. The van der Waals surface area contributed by atoms with Crippen molar-refractivity contribution in [1.82, 2.24) is 24.2 Å². The van der Waals surface area contributed by atoms with Crippen molar-refractivity contribution in [3.8, 4) is 0 Å². The summed E-state index contributed by atoms with van der Waals surface area (Å²) in [6, 6.07) is 4.29. The molecule has 1 amide bonds. The van der Waals surface area contributed by atoms with Gasteiger partial charge in [-0.15, -0.1) is 0 Å². The molecule has 2 atom stereocenters. The van der Waals surface area contributed by atoms with Gasteiger partial charge in [-0.3, -0.25) is 14.5 Å². The molecule has 0 aliphatic carbocycles. The number of carbonyl (C=O) groups excluding carboxylic acids is 1. The second kappa shape index (κ2) is 6.42. The number of aromatic nitrogens is 4. The number of nitrogens with zero attached hydrogens (tertiary/aromatic N) is 5. The van der Waals surface area contributed by atoms with Gasteiger partial charge in [0.25, 0.3) is 5.91 Å². The molecule has 5 heterocycles. The van der Waals surface area contributed by atoms with Crippen LogP contribution in [0.5, 0.6) is 0 Å². The molecule has 3 aromatic rings. The molecule has 3 aromatic heterocycles. The molecule has 2 saturated heterocycles. The van der Waals surface area contributed by atoms with E-state index in [0.29, 0.717) is 24.9 Å². The molecule has 7 heteroatoms. The molecule has 2 bridgehead atoms. The van der Waals surface area contributed by atoms with Crippen LogP contribution in [0.3, 0.4) is 0 Å². The first-order valence-electron chi connectivity index (χ1n) is 10.3. The smallest absolute Gasteiger partial charge is 0.257 e. The third-order valence-corrected chi connectivity index (χ3v) is 6.92. The fraction of sp³-hybridized carbons (Fsp3) is 0.500. The number of fused-ring (bicyclic) bond motifs is 3. The van der Waals surface area contributed by atoms with Crippen molar-refractivity contribution in [3.63, 3.8) is 0 Å². The van der Waals surface area contributed by atoms with Gasteiger partial charge in [0.1, 0.15) is 0 Å². The number of carbonyl (C=O) groups is 1. The highest BCUT2D eigenvalue weighted by atomic mass is 16.3. The van der Waals surface area contributed by atoms with Gasteiger partial charge >= 0.3 is 0 Å². The summed E-state index contributed by atoms with van der Waals surface area (Å²) >= 11 is 0. The van der Waals surface area contributed by atoms with Crippen molar-refractivity contribution in [3.05, 3.63) is 47.7 Å². The Morgan fingerprint density at radius 1 is 1.24 bits per heavy atom. The summed E-state index contributed by atoms with van der Waals surface area (Å²) < 4.78 is 3.91. The van der Waals surface area contributed by atoms with Crippen LogP contribution in [0.2, 0.25) is 0 Å². The Kier molecular flexibility index (Phi) is 4.07. The molecular weight excluding hydrogens is 366 g/mol. The minimum atomic E-state index is -0.820. The van der Waals surface area contributed by atoms with Crippen LogP contribution in [-0.2, 0) is 13.6 Å². The molecule has 29 heavy (non-hydrogen) atoms. The quantitative estimate of drug-likeness (QED) is 0.742. The number of amides is 1. The number of aryl methyl sites for hydroxylation is 2. The van der Waals surface area contributed by atoms with Gasteiger partial charge in [-0.2, -0.15) is 5.10 Å². The molecule has 2 aliphatic rings. The lowest BCUT2D eigenvalue weighted by Gasteiger charge is -2.44. The normalized spacial score (nSPS) is 26.4. The predicted octanol–water partition coefficient (Wildman–Crippen LogP) is 2.58. The highest BCUT2D eigenvalue weighted by Gasteiger charge is 2.50. The van der Waals surface area contributed by atoms with Gasteiger partial charge in [0.15, 0.2) is 0 Å². The molecule has 2 aliphatic heterocycles. The maximum atomic E-state index is 13.2. The predicted molar refractivity (Wildman–Crippen MR) is 110 cm³/mol. The van der Waals surface area contributed by atoms with Crippen molar-refractivity contribution in [2.24, 2.45) is 7.05 Å². The van der Waals surface area contributed by atoms with E-state index < -0.39 is 5.60 Å². The Hall–Kier alpha value is -2.67. The van der Waals surface area contributed by atoms with Crippen LogP contribution in [0.25, 0.3) is 10.9 Å². The zero-order valence-electron chi connectivity index (χ0n) is 17.2.